The molecule has 0 aliphatic carbocycles. The van der Waals surface area contributed by atoms with Crippen molar-refractivity contribution in [2.24, 2.45) is 0 Å². The van der Waals surface area contributed by atoms with Crippen molar-refractivity contribution in [2.75, 3.05) is 13.2 Å². The third-order valence-electron chi connectivity index (χ3n) is 6.34. The molecule has 0 bridgehead atoms. The van der Waals surface area contributed by atoms with Crippen molar-refractivity contribution in [3.8, 4) is 5.75 Å². The summed E-state index contributed by atoms with van der Waals surface area (Å²) in [6.07, 6.45) is 1.87. The first kappa shape index (κ1) is 23.3. The third kappa shape index (κ3) is 4.49. The van der Waals surface area contributed by atoms with Crippen LogP contribution < -0.4 is 10.2 Å². The molecule has 0 spiro atoms. The van der Waals surface area contributed by atoms with Crippen LogP contribution in [0.1, 0.15) is 39.8 Å². The Balaban J connectivity index is 1.58. The summed E-state index contributed by atoms with van der Waals surface area (Å²) in [6, 6.07) is 13.9. The van der Waals surface area contributed by atoms with Crippen LogP contribution in [-0.2, 0) is 31.0 Å². The average Bonchev–Trinajstić information content (AvgIpc) is 3.05. The highest BCUT2D eigenvalue weighted by Gasteiger charge is 2.34. The number of halogens is 2. The number of rotatable bonds is 5. The van der Waals surface area contributed by atoms with Crippen LogP contribution in [0.25, 0.3) is 5.57 Å². The molecular formula is C27H24ClFN2O4. The van der Waals surface area contributed by atoms with E-state index in [-0.39, 0.29) is 47.6 Å². The normalized spacial score (nSPS) is 15.2. The van der Waals surface area contributed by atoms with Crippen LogP contribution in [0.5, 0.6) is 5.75 Å². The zero-order chi connectivity index (χ0) is 24.5. The average molecular weight is 495 g/mol. The predicted molar refractivity (Wildman–Crippen MR) is 131 cm³/mol. The number of aromatic nitrogens is 1. The predicted octanol–water partition coefficient (Wildman–Crippen LogP) is 4.81. The Kier molecular flexibility index (Phi) is 6.45. The maximum atomic E-state index is 13.7. The van der Waals surface area contributed by atoms with Crippen molar-refractivity contribution < 1.29 is 18.7 Å². The summed E-state index contributed by atoms with van der Waals surface area (Å²) in [6.45, 7) is 3.76. The number of fused-ring (bicyclic) bond motifs is 3. The summed E-state index contributed by atoms with van der Waals surface area (Å²) in [5.74, 6) is -0.806. The SMILES string of the molecule is CC1=CCOCc2c1c(=O)c(OCc1ccccc1)c1n2CCN(Cc2ccc(F)c(Cl)c2)C1=O. The number of hydrogen-bond donors (Lipinski definition) is 0. The lowest BCUT2D eigenvalue weighted by Crippen LogP contribution is -2.43. The van der Waals surface area contributed by atoms with Crippen molar-refractivity contribution in [3.63, 3.8) is 0 Å². The van der Waals surface area contributed by atoms with E-state index in [1.165, 1.54) is 12.1 Å². The summed E-state index contributed by atoms with van der Waals surface area (Å²) in [4.78, 5) is 29.1. The molecule has 0 unspecified atom stereocenters. The van der Waals surface area contributed by atoms with E-state index >= 15 is 0 Å². The number of ether oxygens (including phenoxy) is 2. The highest BCUT2D eigenvalue weighted by molar-refractivity contribution is 6.30. The fourth-order valence-corrected chi connectivity index (χ4v) is 4.75. The molecular weight excluding hydrogens is 471 g/mol. The van der Waals surface area contributed by atoms with Gasteiger partial charge in [0.05, 0.1) is 29.5 Å². The van der Waals surface area contributed by atoms with Crippen LogP contribution in [0.2, 0.25) is 5.02 Å². The number of allylic oxidation sites excluding steroid dienone is 1. The number of carbonyl (C=O) groups excluding carboxylic acids is 1. The zero-order valence-corrected chi connectivity index (χ0v) is 20.0. The minimum Gasteiger partial charge on any atom is -0.483 e. The van der Waals surface area contributed by atoms with E-state index in [1.807, 2.05) is 47.9 Å². The van der Waals surface area contributed by atoms with Crippen LogP contribution in [-0.4, -0.2) is 28.5 Å². The molecule has 2 aliphatic heterocycles. The van der Waals surface area contributed by atoms with E-state index < -0.39 is 5.82 Å². The molecule has 180 valence electrons. The quantitative estimate of drug-likeness (QED) is 0.511. The molecule has 35 heavy (non-hydrogen) atoms. The molecule has 3 aromatic rings. The maximum absolute atomic E-state index is 13.7. The van der Waals surface area contributed by atoms with Gasteiger partial charge in [-0.15, -0.1) is 0 Å². The van der Waals surface area contributed by atoms with E-state index in [0.29, 0.717) is 36.5 Å². The molecule has 0 fully saturated rings. The van der Waals surface area contributed by atoms with Gasteiger partial charge in [-0.25, -0.2) is 4.39 Å². The smallest absolute Gasteiger partial charge is 0.274 e. The minimum atomic E-state index is -0.514. The van der Waals surface area contributed by atoms with Crippen LogP contribution >= 0.6 is 11.6 Å². The molecule has 2 aliphatic rings. The van der Waals surface area contributed by atoms with Gasteiger partial charge in [0.25, 0.3) is 5.91 Å². The molecule has 0 saturated carbocycles. The van der Waals surface area contributed by atoms with E-state index in [9.17, 15) is 14.0 Å². The summed E-state index contributed by atoms with van der Waals surface area (Å²) in [7, 11) is 0. The molecule has 5 rings (SSSR count). The first-order chi connectivity index (χ1) is 16.9. The molecule has 8 heteroatoms. The van der Waals surface area contributed by atoms with Gasteiger partial charge >= 0.3 is 0 Å². The Morgan fingerprint density at radius 1 is 1.09 bits per heavy atom. The third-order valence-corrected chi connectivity index (χ3v) is 6.63. The Labute approximate surface area is 207 Å². The minimum absolute atomic E-state index is 0.000178. The van der Waals surface area contributed by atoms with Gasteiger partial charge < -0.3 is 18.9 Å². The van der Waals surface area contributed by atoms with E-state index in [1.54, 1.807) is 11.0 Å². The largest absolute Gasteiger partial charge is 0.483 e. The van der Waals surface area contributed by atoms with Crippen molar-refractivity contribution in [3.05, 3.63) is 104 Å². The van der Waals surface area contributed by atoms with Crippen molar-refractivity contribution >= 4 is 23.1 Å². The standard InChI is InChI=1S/C27H24ClFN2O4/c1-17-9-12-34-16-22-23(17)25(32)26(35-15-18-5-3-2-4-6-18)24-27(33)30(10-11-31(22)24)14-19-7-8-21(29)20(28)13-19/h2-9,13H,10-12,14-16H2,1H3. The fraction of sp³-hybridized carbons (Fsp3) is 0.259. The molecule has 0 radical (unpaired) electrons. The first-order valence-corrected chi connectivity index (χ1v) is 11.8. The van der Waals surface area contributed by atoms with E-state index in [2.05, 4.69) is 0 Å². The summed E-state index contributed by atoms with van der Waals surface area (Å²) >= 11 is 5.94. The van der Waals surface area contributed by atoms with Crippen molar-refractivity contribution in [1.82, 2.24) is 9.47 Å². The lowest BCUT2D eigenvalue weighted by Gasteiger charge is -2.33. The highest BCUT2D eigenvalue weighted by atomic mass is 35.5. The topological polar surface area (TPSA) is 60.8 Å². The number of pyridine rings is 1. The van der Waals surface area contributed by atoms with Gasteiger partial charge in [-0.1, -0.05) is 54.1 Å². The lowest BCUT2D eigenvalue weighted by atomic mass is 10.0. The molecule has 3 heterocycles. The van der Waals surface area contributed by atoms with Crippen LogP contribution in [0.3, 0.4) is 0 Å². The summed E-state index contributed by atoms with van der Waals surface area (Å²) in [5.41, 5.74) is 3.49. The van der Waals surface area contributed by atoms with Crippen molar-refractivity contribution in [2.45, 2.75) is 33.2 Å². The Bertz CT molecular complexity index is 1380. The van der Waals surface area contributed by atoms with Gasteiger partial charge in [0.1, 0.15) is 12.4 Å². The zero-order valence-electron chi connectivity index (χ0n) is 19.2. The summed E-state index contributed by atoms with van der Waals surface area (Å²) in [5, 5.41) is 0.000178. The lowest BCUT2D eigenvalue weighted by molar-refractivity contribution is 0.0670. The van der Waals surface area contributed by atoms with E-state index in [0.717, 1.165) is 11.1 Å². The second-order valence-corrected chi connectivity index (χ2v) is 9.04. The number of amides is 1. The molecule has 0 atom stereocenters. The number of hydrogen-bond acceptors (Lipinski definition) is 4. The molecule has 1 amide bonds. The summed E-state index contributed by atoms with van der Waals surface area (Å²) < 4.78 is 27.2. The van der Waals surface area contributed by atoms with Gasteiger partial charge in [0.15, 0.2) is 11.4 Å². The first-order valence-electron chi connectivity index (χ1n) is 11.4. The van der Waals surface area contributed by atoms with Crippen LogP contribution in [0.4, 0.5) is 4.39 Å². The highest BCUT2D eigenvalue weighted by Crippen LogP contribution is 2.30. The van der Waals surface area contributed by atoms with Crippen LogP contribution in [0.15, 0.2) is 59.4 Å². The van der Waals surface area contributed by atoms with Gasteiger partial charge in [0.2, 0.25) is 5.43 Å². The maximum Gasteiger partial charge on any atom is 0.274 e. The molecule has 6 nitrogen and oxygen atoms in total. The molecule has 1 aromatic heterocycles. The second kappa shape index (κ2) is 9.68. The molecule has 0 N–H and O–H groups in total. The van der Waals surface area contributed by atoms with Gasteiger partial charge in [-0.2, -0.15) is 0 Å². The second-order valence-electron chi connectivity index (χ2n) is 8.63. The number of benzene rings is 2. The number of carbonyl (C=O) groups is 1. The van der Waals surface area contributed by atoms with E-state index in [4.69, 9.17) is 21.1 Å². The Morgan fingerprint density at radius 2 is 1.89 bits per heavy atom. The molecule has 0 saturated heterocycles. The fourth-order valence-electron chi connectivity index (χ4n) is 4.55. The Hall–Kier alpha value is -3.42. The van der Waals surface area contributed by atoms with Gasteiger partial charge in [0, 0.05) is 19.6 Å². The molecule has 2 aromatic carbocycles. The van der Waals surface area contributed by atoms with Crippen molar-refractivity contribution in [1.29, 1.82) is 0 Å². The van der Waals surface area contributed by atoms with Crippen LogP contribution in [0, 0.1) is 5.82 Å². The van der Waals surface area contributed by atoms with Gasteiger partial charge in [-0.05, 0) is 35.8 Å². The Morgan fingerprint density at radius 3 is 2.66 bits per heavy atom. The monoisotopic (exact) mass is 494 g/mol. The van der Waals surface area contributed by atoms with Gasteiger partial charge in [-0.3, -0.25) is 9.59 Å². The number of nitrogens with zero attached hydrogens (tertiary/aromatic N) is 2.